The monoisotopic (exact) mass is 349 g/mol. The van der Waals surface area contributed by atoms with Gasteiger partial charge in [-0.2, -0.15) is 0 Å². The molecule has 3 aromatic rings. The molecule has 0 radical (unpaired) electrons. The molecule has 0 aliphatic carbocycles. The van der Waals surface area contributed by atoms with Gasteiger partial charge in [-0.3, -0.25) is 19.5 Å². The molecular weight excluding hydrogens is 341 g/mol. The van der Waals surface area contributed by atoms with E-state index in [0.717, 1.165) is 0 Å². The molecule has 0 unspecified atom stereocenters. The van der Waals surface area contributed by atoms with E-state index >= 15 is 0 Å². The quantitative estimate of drug-likeness (QED) is 0.511. The van der Waals surface area contributed by atoms with Crippen molar-refractivity contribution in [2.45, 2.75) is 6.92 Å². The highest BCUT2D eigenvalue weighted by atomic mass is 35.5. The van der Waals surface area contributed by atoms with E-state index in [1.54, 1.807) is 13.0 Å². The molecule has 6 nitrogen and oxygen atoms in total. The molecular formula is C15H9Cl2N3O3. The fourth-order valence-electron chi connectivity index (χ4n) is 2.40. The van der Waals surface area contributed by atoms with Crippen LogP contribution >= 0.6 is 23.2 Å². The largest absolute Gasteiger partial charge is 0.282 e. The summed E-state index contributed by atoms with van der Waals surface area (Å²) < 4.78 is 1.41. The van der Waals surface area contributed by atoms with Gasteiger partial charge in [-0.25, -0.2) is 4.98 Å². The molecule has 3 rings (SSSR count). The lowest BCUT2D eigenvalue weighted by Gasteiger charge is -2.08. The zero-order valence-electron chi connectivity index (χ0n) is 11.8. The normalized spacial score (nSPS) is 10.9. The van der Waals surface area contributed by atoms with Gasteiger partial charge >= 0.3 is 0 Å². The second-order valence-corrected chi connectivity index (χ2v) is 5.67. The summed E-state index contributed by atoms with van der Waals surface area (Å²) in [6.07, 6.45) is 1.40. The summed E-state index contributed by atoms with van der Waals surface area (Å²) in [6.45, 7) is 1.72. The number of halogens is 2. The molecule has 0 aliphatic heterocycles. The first-order valence-electron chi connectivity index (χ1n) is 6.51. The Morgan fingerprint density at radius 1 is 1.26 bits per heavy atom. The average Bonchev–Trinajstić information content (AvgIpc) is 2.84. The predicted octanol–water partition coefficient (Wildman–Crippen LogP) is 4.25. The molecule has 8 heteroatoms. The van der Waals surface area contributed by atoms with Gasteiger partial charge in [0, 0.05) is 29.4 Å². The van der Waals surface area contributed by atoms with Crippen LogP contribution in [0.1, 0.15) is 16.2 Å². The molecule has 0 bridgehead atoms. The Morgan fingerprint density at radius 3 is 2.70 bits per heavy atom. The number of carbonyl (C=O) groups excluding carboxylic acids is 1. The van der Waals surface area contributed by atoms with E-state index in [-0.39, 0.29) is 21.4 Å². The number of carbonyl (C=O) groups is 1. The Bertz CT molecular complexity index is 966. The van der Waals surface area contributed by atoms with Crippen LogP contribution in [0.3, 0.4) is 0 Å². The van der Waals surface area contributed by atoms with Gasteiger partial charge in [0.25, 0.3) is 11.6 Å². The van der Waals surface area contributed by atoms with E-state index in [0.29, 0.717) is 16.6 Å². The lowest BCUT2D eigenvalue weighted by molar-refractivity contribution is -0.384. The van der Waals surface area contributed by atoms with Gasteiger partial charge < -0.3 is 0 Å². The lowest BCUT2D eigenvalue weighted by atomic mass is 10.2. The molecule has 2 heterocycles. The summed E-state index contributed by atoms with van der Waals surface area (Å²) in [5.41, 5.74) is 1.14. The maximum Gasteiger partial charge on any atom is 0.282 e. The number of benzene rings is 1. The number of nitro groups is 1. The van der Waals surface area contributed by atoms with Crippen LogP contribution in [-0.2, 0) is 0 Å². The lowest BCUT2D eigenvalue weighted by Crippen LogP contribution is -2.15. The van der Waals surface area contributed by atoms with Crippen LogP contribution in [0.2, 0.25) is 10.0 Å². The predicted molar refractivity (Wildman–Crippen MR) is 87.3 cm³/mol. The van der Waals surface area contributed by atoms with Crippen molar-refractivity contribution in [3.05, 3.63) is 68.1 Å². The number of nitrogens with zero attached hydrogens (tertiary/aromatic N) is 3. The molecule has 0 fully saturated rings. The third-order valence-corrected chi connectivity index (χ3v) is 4.22. The summed E-state index contributed by atoms with van der Waals surface area (Å²) in [7, 11) is 0. The summed E-state index contributed by atoms with van der Waals surface area (Å²) in [5.74, 6) is -0.446. The molecule has 0 N–H and O–H groups in total. The Morgan fingerprint density at radius 2 is 2.00 bits per heavy atom. The first-order valence-corrected chi connectivity index (χ1v) is 7.27. The highest BCUT2D eigenvalue weighted by molar-refractivity contribution is 6.43. The highest BCUT2D eigenvalue weighted by Gasteiger charge is 2.21. The van der Waals surface area contributed by atoms with Crippen molar-refractivity contribution in [2.75, 3.05) is 0 Å². The SMILES string of the molecule is Cc1cc2cc([N+](=O)[O-])ccc2n1C(=O)c1nccc(Cl)c1Cl. The first kappa shape index (κ1) is 15.5. The minimum atomic E-state index is -0.483. The molecule has 1 aromatic carbocycles. The van der Waals surface area contributed by atoms with Crippen molar-refractivity contribution in [1.82, 2.24) is 9.55 Å². The van der Waals surface area contributed by atoms with Crippen molar-refractivity contribution in [2.24, 2.45) is 0 Å². The number of hydrogen-bond acceptors (Lipinski definition) is 4. The van der Waals surface area contributed by atoms with Crippen LogP contribution < -0.4 is 0 Å². The number of aromatic nitrogens is 2. The van der Waals surface area contributed by atoms with Crippen LogP contribution in [0, 0.1) is 17.0 Å². The smallest absolute Gasteiger partial charge is 0.279 e. The number of aryl methyl sites for hydroxylation is 1. The maximum absolute atomic E-state index is 12.8. The third kappa shape index (κ3) is 2.56. The van der Waals surface area contributed by atoms with Crippen LogP contribution in [-0.4, -0.2) is 20.4 Å². The number of nitro benzene ring substituents is 1. The molecule has 0 aliphatic rings. The van der Waals surface area contributed by atoms with Crippen molar-refractivity contribution < 1.29 is 9.72 Å². The Labute approximate surface area is 140 Å². The van der Waals surface area contributed by atoms with E-state index in [2.05, 4.69) is 4.98 Å². The number of pyridine rings is 1. The molecule has 0 atom stereocenters. The molecule has 116 valence electrons. The Balaban J connectivity index is 2.20. The van der Waals surface area contributed by atoms with Gasteiger partial charge in [-0.05, 0) is 25.1 Å². The molecule has 0 amide bonds. The summed E-state index contributed by atoms with van der Waals surface area (Å²) in [5, 5.41) is 11.8. The molecule has 0 saturated carbocycles. The standard InChI is InChI=1S/C15H9Cl2N3O3/c1-8-6-9-7-10(20(22)23)2-3-12(9)19(8)15(21)14-13(17)11(16)4-5-18-14/h2-7H,1H3. The second kappa shape index (κ2) is 5.64. The Kier molecular flexibility index (Phi) is 3.79. The third-order valence-electron chi connectivity index (χ3n) is 3.43. The molecule has 0 saturated heterocycles. The number of fused-ring (bicyclic) bond motifs is 1. The van der Waals surface area contributed by atoms with Gasteiger partial charge in [-0.1, -0.05) is 23.2 Å². The van der Waals surface area contributed by atoms with Crippen molar-refractivity contribution in [3.8, 4) is 0 Å². The topological polar surface area (TPSA) is 78.0 Å². The molecule has 23 heavy (non-hydrogen) atoms. The zero-order chi connectivity index (χ0) is 16.7. The van der Waals surface area contributed by atoms with Gasteiger partial charge in [0.1, 0.15) is 5.69 Å². The van der Waals surface area contributed by atoms with E-state index in [4.69, 9.17) is 23.2 Å². The fourth-order valence-corrected chi connectivity index (χ4v) is 2.74. The summed E-state index contributed by atoms with van der Waals surface area (Å²) >= 11 is 12.0. The second-order valence-electron chi connectivity index (χ2n) is 4.88. The number of non-ortho nitro benzene ring substituents is 1. The van der Waals surface area contributed by atoms with Crippen molar-refractivity contribution >= 4 is 45.7 Å². The van der Waals surface area contributed by atoms with Crippen LogP contribution in [0.15, 0.2) is 36.5 Å². The number of rotatable bonds is 2. The summed E-state index contributed by atoms with van der Waals surface area (Å²) in [6, 6.07) is 7.47. The van der Waals surface area contributed by atoms with Crippen molar-refractivity contribution in [3.63, 3.8) is 0 Å². The maximum atomic E-state index is 12.8. The zero-order valence-corrected chi connectivity index (χ0v) is 13.3. The average molecular weight is 350 g/mol. The van der Waals surface area contributed by atoms with E-state index in [1.165, 1.54) is 35.0 Å². The van der Waals surface area contributed by atoms with Crippen LogP contribution in [0.25, 0.3) is 10.9 Å². The first-order chi connectivity index (χ1) is 10.9. The van der Waals surface area contributed by atoms with Gasteiger partial charge in [0.05, 0.1) is 20.5 Å². The van der Waals surface area contributed by atoms with E-state index in [9.17, 15) is 14.9 Å². The molecule has 0 spiro atoms. The van der Waals surface area contributed by atoms with Crippen LogP contribution in [0.4, 0.5) is 5.69 Å². The van der Waals surface area contributed by atoms with Crippen molar-refractivity contribution in [1.29, 1.82) is 0 Å². The van der Waals surface area contributed by atoms with Gasteiger partial charge in [0.2, 0.25) is 0 Å². The summed E-state index contributed by atoms with van der Waals surface area (Å²) in [4.78, 5) is 27.1. The minimum Gasteiger partial charge on any atom is -0.279 e. The molecule has 2 aromatic heterocycles. The van der Waals surface area contributed by atoms with Crippen LogP contribution in [0.5, 0.6) is 0 Å². The Hall–Kier alpha value is -2.44. The fraction of sp³-hybridized carbons (Fsp3) is 0.0667. The van der Waals surface area contributed by atoms with E-state index in [1.807, 2.05) is 0 Å². The van der Waals surface area contributed by atoms with Gasteiger partial charge in [0.15, 0.2) is 0 Å². The number of hydrogen-bond donors (Lipinski definition) is 0. The van der Waals surface area contributed by atoms with E-state index < -0.39 is 10.8 Å². The van der Waals surface area contributed by atoms with Gasteiger partial charge in [-0.15, -0.1) is 0 Å². The minimum absolute atomic E-state index is 0.0260. The highest BCUT2D eigenvalue weighted by Crippen LogP contribution is 2.28.